The van der Waals surface area contributed by atoms with Crippen molar-refractivity contribution < 1.29 is 15.0 Å². The third-order valence-electron chi connectivity index (χ3n) is 11.9. The van der Waals surface area contributed by atoms with Crippen molar-refractivity contribution in [2.24, 2.45) is 0 Å². The quantitative estimate of drug-likeness (QED) is 0.0424. The standard InChI is InChI=1S/C53H101NO3/c1-3-5-7-9-11-13-15-17-19-21-23-25-26-27-28-29-31-33-35-37-39-41-43-45-47-49-53(57)54-51(50-55)52(56)48-46-44-42-40-38-36-34-32-30-24-22-20-18-16-14-12-10-8-6-4-2/h15,17,21,23,46,48,51-52,55-56H,3-14,16,18-20,22,24-45,47,49-50H2,1-2H3,(H,54,57)/b17-15-,23-21-,48-46+. The predicted octanol–water partition coefficient (Wildman–Crippen LogP) is 16.5. The van der Waals surface area contributed by atoms with E-state index in [0.717, 1.165) is 32.1 Å². The normalized spacial score (nSPS) is 13.1. The first kappa shape index (κ1) is 55.6. The zero-order valence-corrected chi connectivity index (χ0v) is 38.6. The minimum absolute atomic E-state index is 0.0621. The molecular weight excluding hydrogens is 699 g/mol. The van der Waals surface area contributed by atoms with Crippen LogP contribution in [0.5, 0.6) is 0 Å². The zero-order chi connectivity index (χ0) is 41.4. The Bertz CT molecular complexity index is 866. The number of carbonyl (C=O) groups is 1. The van der Waals surface area contributed by atoms with Crippen LogP contribution < -0.4 is 5.32 Å². The molecule has 0 aromatic rings. The Morgan fingerprint density at radius 3 is 1.05 bits per heavy atom. The van der Waals surface area contributed by atoms with Crippen LogP contribution in [0.2, 0.25) is 0 Å². The van der Waals surface area contributed by atoms with Gasteiger partial charge in [0.25, 0.3) is 0 Å². The van der Waals surface area contributed by atoms with E-state index in [9.17, 15) is 15.0 Å². The Kier molecular flexibility index (Phi) is 47.8. The van der Waals surface area contributed by atoms with Crippen LogP contribution in [-0.2, 0) is 4.79 Å². The minimum Gasteiger partial charge on any atom is -0.394 e. The van der Waals surface area contributed by atoms with Gasteiger partial charge >= 0.3 is 0 Å². The Balaban J connectivity index is 3.51. The van der Waals surface area contributed by atoms with Crippen molar-refractivity contribution in [3.63, 3.8) is 0 Å². The SMILES string of the molecule is CCCCCCC/C=C\C/C=C\CCCCCCCCCCCCCCCC(=O)NC(CO)C(O)/C=C/CCCCCCCCCCCCCCCCCCCC. The summed E-state index contributed by atoms with van der Waals surface area (Å²) in [4.78, 5) is 12.4. The first-order valence-electron chi connectivity index (χ1n) is 25.7. The Morgan fingerprint density at radius 1 is 0.421 bits per heavy atom. The number of carbonyl (C=O) groups excluding carboxylic acids is 1. The third kappa shape index (κ3) is 45.5. The van der Waals surface area contributed by atoms with Crippen molar-refractivity contribution in [2.45, 2.75) is 289 Å². The number of unbranched alkanes of at least 4 members (excludes halogenated alkanes) is 36. The maximum absolute atomic E-state index is 12.4. The topological polar surface area (TPSA) is 69.6 Å². The van der Waals surface area contributed by atoms with Crippen LogP contribution in [0, 0.1) is 0 Å². The fourth-order valence-corrected chi connectivity index (χ4v) is 7.92. The molecule has 0 spiro atoms. The van der Waals surface area contributed by atoms with Crippen LogP contribution in [0.15, 0.2) is 36.5 Å². The lowest BCUT2D eigenvalue weighted by Crippen LogP contribution is -2.45. The van der Waals surface area contributed by atoms with Crippen LogP contribution in [0.1, 0.15) is 277 Å². The third-order valence-corrected chi connectivity index (χ3v) is 11.9. The van der Waals surface area contributed by atoms with Crippen LogP contribution in [0.4, 0.5) is 0 Å². The van der Waals surface area contributed by atoms with Crippen LogP contribution in [0.25, 0.3) is 0 Å². The summed E-state index contributed by atoms with van der Waals surface area (Å²) in [5.74, 6) is -0.0621. The number of aliphatic hydroxyl groups excluding tert-OH is 2. The molecule has 2 atom stereocenters. The van der Waals surface area contributed by atoms with Gasteiger partial charge in [0.1, 0.15) is 0 Å². The van der Waals surface area contributed by atoms with Crippen LogP contribution in [0.3, 0.4) is 0 Å². The molecule has 0 saturated heterocycles. The lowest BCUT2D eigenvalue weighted by Gasteiger charge is -2.20. The largest absolute Gasteiger partial charge is 0.394 e. The average Bonchev–Trinajstić information content (AvgIpc) is 3.22. The van der Waals surface area contributed by atoms with Gasteiger partial charge in [0, 0.05) is 6.42 Å². The number of amides is 1. The molecule has 1 amide bonds. The summed E-state index contributed by atoms with van der Waals surface area (Å²) in [6.45, 7) is 4.32. The van der Waals surface area contributed by atoms with Gasteiger partial charge in [-0.15, -0.1) is 0 Å². The van der Waals surface area contributed by atoms with E-state index in [1.54, 1.807) is 6.08 Å². The number of allylic oxidation sites excluding steroid dienone is 5. The van der Waals surface area contributed by atoms with E-state index in [0.29, 0.717) is 6.42 Å². The number of hydrogen-bond acceptors (Lipinski definition) is 3. The zero-order valence-electron chi connectivity index (χ0n) is 38.6. The maximum atomic E-state index is 12.4. The molecule has 4 nitrogen and oxygen atoms in total. The molecule has 3 N–H and O–H groups in total. The van der Waals surface area contributed by atoms with Gasteiger partial charge in [-0.3, -0.25) is 4.79 Å². The Morgan fingerprint density at radius 2 is 0.719 bits per heavy atom. The summed E-state index contributed by atoms with van der Waals surface area (Å²) < 4.78 is 0. The highest BCUT2D eigenvalue weighted by Crippen LogP contribution is 2.16. The molecule has 0 bridgehead atoms. The molecule has 0 rings (SSSR count). The van der Waals surface area contributed by atoms with Gasteiger partial charge in [0.2, 0.25) is 5.91 Å². The lowest BCUT2D eigenvalue weighted by molar-refractivity contribution is -0.123. The first-order chi connectivity index (χ1) is 28.2. The maximum Gasteiger partial charge on any atom is 0.220 e. The fraction of sp³-hybridized carbons (Fsp3) is 0.868. The highest BCUT2D eigenvalue weighted by molar-refractivity contribution is 5.76. The van der Waals surface area contributed by atoms with E-state index in [-0.39, 0.29) is 12.5 Å². The summed E-state index contributed by atoms with van der Waals surface area (Å²) in [7, 11) is 0. The van der Waals surface area contributed by atoms with E-state index in [1.165, 1.54) is 225 Å². The van der Waals surface area contributed by atoms with E-state index in [1.807, 2.05) is 6.08 Å². The molecule has 57 heavy (non-hydrogen) atoms. The molecule has 0 aromatic heterocycles. The van der Waals surface area contributed by atoms with Crippen molar-refractivity contribution >= 4 is 5.91 Å². The molecule has 0 aliphatic heterocycles. The molecule has 2 unspecified atom stereocenters. The highest BCUT2D eigenvalue weighted by atomic mass is 16.3. The number of rotatable bonds is 47. The summed E-state index contributed by atoms with van der Waals surface area (Å²) in [6.07, 6.45) is 65.6. The van der Waals surface area contributed by atoms with Gasteiger partial charge in [-0.2, -0.15) is 0 Å². The fourth-order valence-electron chi connectivity index (χ4n) is 7.92. The Labute approximate surface area is 357 Å². The van der Waals surface area contributed by atoms with Crippen molar-refractivity contribution in [3.05, 3.63) is 36.5 Å². The highest BCUT2D eigenvalue weighted by Gasteiger charge is 2.18. The second-order valence-electron chi connectivity index (χ2n) is 17.6. The second-order valence-corrected chi connectivity index (χ2v) is 17.6. The van der Waals surface area contributed by atoms with E-state index < -0.39 is 12.1 Å². The smallest absolute Gasteiger partial charge is 0.220 e. The molecular formula is C53H101NO3. The summed E-state index contributed by atoms with van der Waals surface area (Å²) >= 11 is 0. The van der Waals surface area contributed by atoms with Crippen LogP contribution >= 0.6 is 0 Å². The summed E-state index contributed by atoms with van der Waals surface area (Å²) in [5.41, 5.74) is 0. The molecule has 4 heteroatoms. The monoisotopic (exact) mass is 800 g/mol. The second kappa shape index (κ2) is 49.0. The van der Waals surface area contributed by atoms with Gasteiger partial charge < -0.3 is 15.5 Å². The van der Waals surface area contributed by atoms with Gasteiger partial charge in [0.05, 0.1) is 18.8 Å². The first-order valence-corrected chi connectivity index (χ1v) is 25.7. The van der Waals surface area contributed by atoms with E-state index in [2.05, 4.69) is 43.5 Å². The molecule has 0 aliphatic carbocycles. The molecule has 0 fully saturated rings. The van der Waals surface area contributed by atoms with E-state index in [4.69, 9.17) is 0 Å². The molecule has 336 valence electrons. The summed E-state index contributed by atoms with van der Waals surface area (Å²) in [6, 6.07) is -0.622. The Hall–Kier alpha value is -1.39. The number of nitrogens with one attached hydrogen (secondary N) is 1. The van der Waals surface area contributed by atoms with Crippen molar-refractivity contribution in [1.29, 1.82) is 0 Å². The van der Waals surface area contributed by atoms with Crippen LogP contribution in [-0.4, -0.2) is 34.9 Å². The summed E-state index contributed by atoms with van der Waals surface area (Å²) in [5, 5.41) is 23.1. The van der Waals surface area contributed by atoms with E-state index >= 15 is 0 Å². The average molecular weight is 800 g/mol. The van der Waals surface area contributed by atoms with Gasteiger partial charge in [0.15, 0.2) is 0 Å². The predicted molar refractivity (Wildman–Crippen MR) is 253 cm³/mol. The van der Waals surface area contributed by atoms with Gasteiger partial charge in [-0.05, 0) is 51.4 Å². The van der Waals surface area contributed by atoms with Gasteiger partial charge in [-0.25, -0.2) is 0 Å². The molecule has 0 heterocycles. The number of aliphatic hydroxyl groups is 2. The van der Waals surface area contributed by atoms with Crippen molar-refractivity contribution in [2.75, 3.05) is 6.61 Å². The molecule has 0 radical (unpaired) electrons. The minimum atomic E-state index is -0.839. The van der Waals surface area contributed by atoms with Crippen molar-refractivity contribution in [3.8, 4) is 0 Å². The molecule has 0 aromatic carbocycles. The van der Waals surface area contributed by atoms with Crippen molar-refractivity contribution in [1.82, 2.24) is 5.32 Å². The molecule has 0 saturated carbocycles. The van der Waals surface area contributed by atoms with Gasteiger partial charge in [-0.1, -0.05) is 256 Å². The lowest BCUT2D eigenvalue weighted by atomic mass is 10.0. The number of hydrogen-bond donors (Lipinski definition) is 3. The molecule has 0 aliphatic rings.